The van der Waals surface area contributed by atoms with Gasteiger partial charge in [-0.1, -0.05) is 17.7 Å². The van der Waals surface area contributed by atoms with Gasteiger partial charge in [-0.3, -0.25) is 10.00 Å². The van der Waals surface area contributed by atoms with Gasteiger partial charge in [0, 0.05) is 30.8 Å². The number of alkyl halides is 2. The summed E-state index contributed by atoms with van der Waals surface area (Å²) in [5.41, 5.74) is 0.779. The molecule has 1 amide bonds. The maximum atomic E-state index is 13.8. The maximum Gasteiger partial charge on any atom is 0.413 e. The minimum absolute atomic E-state index is 0.102. The van der Waals surface area contributed by atoms with Crippen LogP contribution in [-0.4, -0.2) is 21.8 Å². The Bertz CT molecular complexity index is 791. The van der Waals surface area contributed by atoms with Gasteiger partial charge in [0.15, 0.2) is 5.82 Å². The molecule has 2 rings (SSSR count). The van der Waals surface area contributed by atoms with Gasteiger partial charge < -0.3 is 4.74 Å². The van der Waals surface area contributed by atoms with Crippen molar-refractivity contribution >= 4 is 23.5 Å². The number of ether oxygens (including phenoxy) is 1. The monoisotopic (exact) mass is 403 g/mol. The standard InChI is InChI=1S/C18H21ClF3N3O2/c1-12-5-6-14(20)13(16(12)19)11-27-17(26)23-15-7-10-25(24-15)9-4-3-8-18(2,21)22/h5-7,10H,3-4,8-9,11H2,1-2H3,(H,23,24,26). The summed E-state index contributed by atoms with van der Waals surface area (Å²) in [6, 6.07) is 4.35. The van der Waals surface area contributed by atoms with Crippen LogP contribution in [0.4, 0.5) is 23.8 Å². The molecule has 1 aromatic carbocycles. The number of hydrogen-bond donors (Lipinski definition) is 1. The van der Waals surface area contributed by atoms with Crippen LogP contribution in [0.25, 0.3) is 0 Å². The molecule has 0 aliphatic carbocycles. The van der Waals surface area contributed by atoms with Crippen LogP contribution in [-0.2, 0) is 17.9 Å². The van der Waals surface area contributed by atoms with Gasteiger partial charge in [-0.2, -0.15) is 5.10 Å². The zero-order valence-electron chi connectivity index (χ0n) is 15.1. The summed E-state index contributed by atoms with van der Waals surface area (Å²) in [6.07, 6.45) is 1.56. The summed E-state index contributed by atoms with van der Waals surface area (Å²) in [5, 5.41) is 6.74. The van der Waals surface area contributed by atoms with Crippen LogP contribution in [0.1, 0.15) is 37.3 Å². The molecule has 0 bridgehead atoms. The first kappa shape index (κ1) is 21.1. The highest BCUT2D eigenvalue weighted by atomic mass is 35.5. The van der Waals surface area contributed by atoms with Crippen LogP contribution in [0.3, 0.4) is 0 Å². The molecular formula is C18H21ClF3N3O2. The summed E-state index contributed by atoms with van der Waals surface area (Å²) in [6.45, 7) is 2.75. The van der Waals surface area contributed by atoms with E-state index in [-0.39, 0.29) is 29.4 Å². The summed E-state index contributed by atoms with van der Waals surface area (Å²) >= 11 is 6.02. The lowest BCUT2D eigenvalue weighted by Crippen LogP contribution is -2.15. The van der Waals surface area contributed by atoms with E-state index in [1.165, 1.54) is 12.1 Å². The van der Waals surface area contributed by atoms with Gasteiger partial charge in [0.1, 0.15) is 12.4 Å². The SMILES string of the molecule is Cc1ccc(F)c(COC(=O)Nc2ccn(CCCCC(C)(F)F)n2)c1Cl. The average Bonchev–Trinajstić information content (AvgIpc) is 3.01. The Morgan fingerprint density at radius 3 is 2.78 bits per heavy atom. The Kier molecular flexibility index (Phi) is 7.12. The van der Waals surface area contributed by atoms with Gasteiger partial charge in [0.25, 0.3) is 0 Å². The first-order valence-electron chi connectivity index (χ1n) is 8.44. The fourth-order valence-electron chi connectivity index (χ4n) is 2.39. The first-order valence-corrected chi connectivity index (χ1v) is 8.82. The number of unbranched alkanes of at least 4 members (excludes halogenated alkanes) is 1. The van der Waals surface area contributed by atoms with E-state index in [1.54, 1.807) is 23.9 Å². The number of aryl methyl sites for hydroxylation is 2. The molecule has 9 heteroatoms. The number of benzene rings is 1. The molecule has 0 spiro atoms. The van der Waals surface area contributed by atoms with Crippen LogP contribution in [0.2, 0.25) is 5.02 Å². The highest BCUT2D eigenvalue weighted by Crippen LogP contribution is 2.24. The predicted molar refractivity (Wildman–Crippen MR) is 96.7 cm³/mol. The molecule has 1 heterocycles. The smallest absolute Gasteiger partial charge is 0.413 e. The number of nitrogens with zero attached hydrogens (tertiary/aromatic N) is 2. The molecule has 1 N–H and O–H groups in total. The molecule has 0 saturated carbocycles. The Morgan fingerprint density at radius 2 is 2.07 bits per heavy atom. The number of aromatic nitrogens is 2. The van der Waals surface area contributed by atoms with E-state index < -0.39 is 17.8 Å². The predicted octanol–water partition coefficient (Wildman–Crippen LogP) is 5.56. The third-order valence-corrected chi connectivity index (χ3v) is 4.38. The third-order valence-electron chi connectivity index (χ3n) is 3.85. The molecular weight excluding hydrogens is 383 g/mol. The highest BCUT2D eigenvalue weighted by Gasteiger charge is 2.19. The summed E-state index contributed by atoms with van der Waals surface area (Å²) < 4.78 is 45.8. The fourth-order valence-corrected chi connectivity index (χ4v) is 2.60. The number of anilines is 1. The quantitative estimate of drug-likeness (QED) is 0.587. The second-order valence-electron chi connectivity index (χ2n) is 6.35. The lowest BCUT2D eigenvalue weighted by atomic mass is 10.1. The minimum atomic E-state index is -2.67. The normalized spacial score (nSPS) is 11.5. The largest absolute Gasteiger partial charge is 0.444 e. The van der Waals surface area contributed by atoms with Crippen LogP contribution in [0.5, 0.6) is 0 Å². The van der Waals surface area contributed by atoms with Gasteiger partial charge in [-0.15, -0.1) is 0 Å². The van der Waals surface area contributed by atoms with E-state index in [1.807, 2.05) is 0 Å². The molecule has 0 fully saturated rings. The number of carbonyl (C=O) groups excluding carboxylic acids is 1. The van der Waals surface area contributed by atoms with Gasteiger partial charge in [-0.05, 0) is 38.3 Å². The third kappa shape index (κ3) is 6.78. The van der Waals surface area contributed by atoms with Crippen molar-refractivity contribution < 1.29 is 22.7 Å². The second kappa shape index (κ2) is 9.12. The number of rotatable bonds is 8. The van der Waals surface area contributed by atoms with Crippen molar-refractivity contribution in [1.29, 1.82) is 0 Å². The van der Waals surface area contributed by atoms with Crippen molar-refractivity contribution in [3.05, 3.63) is 46.4 Å². The lowest BCUT2D eigenvalue weighted by Gasteiger charge is -2.10. The van der Waals surface area contributed by atoms with Gasteiger partial charge in [-0.25, -0.2) is 18.0 Å². The molecule has 1 aromatic heterocycles. The Morgan fingerprint density at radius 1 is 1.33 bits per heavy atom. The molecule has 5 nitrogen and oxygen atoms in total. The molecule has 0 atom stereocenters. The summed E-state index contributed by atoms with van der Waals surface area (Å²) in [4.78, 5) is 11.8. The van der Waals surface area contributed by atoms with Crippen LogP contribution in [0.15, 0.2) is 24.4 Å². The molecule has 0 unspecified atom stereocenters. The molecule has 148 valence electrons. The van der Waals surface area contributed by atoms with Crippen molar-refractivity contribution in [3.8, 4) is 0 Å². The molecule has 2 aromatic rings. The molecule has 0 saturated heterocycles. The Balaban J connectivity index is 1.80. The number of halogens is 4. The van der Waals surface area contributed by atoms with E-state index in [9.17, 15) is 18.0 Å². The zero-order chi connectivity index (χ0) is 20.0. The van der Waals surface area contributed by atoms with Crippen LogP contribution >= 0.6 is 11.6 Å². The highest BCUT2D eigenvalue weighted by molar-refractivity contribution is 6.32. The zero-order valence-corrected chi connectivity index (χ0v) is 15.8. The molecule has 0 aliphatic rings. The van der Waals surface area contributed by atoms with Crippen molar-refractivity contribution in [2.45, 2.75) is 52.2 Å². The van der Waals surface area contributed by atoms with Gasteiger partial charge in [0.05, 0.1) is 5.02 Å². The van der Waals surface area contributed by atoms with E-state index in [4.69, 9.17) is 16.3 Å². The van der Waals surface area contributed by atoms with Gasteiger partial charge in [0.2, 0.25) is 5.92 Å². The number of carbonyl (C=O) groups is 1. The van der Waals surface area contributed by atoms with Crippen molar-refractivity contribution in [3.63, 3.8) is 0 Å². The topological polar surface area (TPSA) is 56.1 Å². The Hall–Kier alpha value is -2.22. The maximum absolute atomic E-state index is 13.8. The van der Waals surface area contributed by atoms with Crippen molar-refractivity contribution in [2.75, 3.05) is 5.32 Å². The Labute approximate surface area is 160 Å². The van der Waals surface area contributed by atoms with E-state index in [0.29, 0.717) is 24.9 Å². The van der Waals surface area contributed by atoms with Crippen molar-refractivity contribution in [2.24, 2.45) is 0 Å². The molecule has 27 heavy (non-hydrogen) atoms. The summed E-state index contributed by atoms with van der Waals surface area (Å²) in [7, 11) is 0. The minimum Gasteiger partial charge on any atom is -0.444 e. The number of amides is 1. The number of nitrogens with one attached hydrogen (secondary N) is 1. The molecule has 0 aliphatic heterocycles. The second-order valence-corrected chi connectivity index (χ2v) is 6.73. The number of hydrogen-bond acceptors (Lipinski definition) is 3. The van der Waals surface area contributed by atoms with Crippen LogP contribution in [0, 0.1) is 12.7 Å². The van der Waals surface area contributed by atoms with E-state index in [0.717, 1.165) is 6.92 Å². The fraction of sp³-hybridized carbons (Fsp3) is 0.444. The van der Waals surface area contributed by atoms with E-state index >= 15 is 0 Å². The van der Waals surface area contributed by atoms with Crippen LogP contribution < -0.4 is 5.32 Å². The summed E-state index contributed by atoms with van der Waals surface area (Å²) in [5.74, 6) is -2.97. The average molecular weight is 404 g/mol. The van der Waals surface area contributed by atoms with E-state index in [2.05, 4.69) is 10.4 Å². The first-order chi connectivity index (χ1) is 12.7. The van der Waals surface area contributed by atoms with Gasteiger partial charge >= 0.3 is 6.09 Å². The van der Waals surface area contributed by atoms with Crippen molar-refractivity contribution in [1.82, 2.24) is 9.78 Å². The molecule has 0 radical (unpaired) electrons. The lowest BCUT2D eigenvalue weighted by molar-refractivity contribution is 0.0102.